The van der Waals surface area contributed by atoms with E-state index in [1.165, 1.54) is 0 Å². The number of amides is 1. The molecule has 0 bridgehead atoms. The van der Waals surface area contributed by atoms with Gasteiger partial charge in [0.05, 0.1) is 0 Å². The highest BCUT2D eigenvalue weighted by atomic mass is 16.1. The predicted molar refractivity (Wildman–Crippen MR) is 76.7 cm³/mol. The summed E-state index contributed by atoms with van der Waals surface area (Å²) in [6, 6.07) is 11.2. The van der Waals surface area contributed by atoms with E-state index >= 15 is 0 Å². The molecule has 2 aromatic rings. The molecular formula is C15H19N3O. The minimum atomic E-state index is -0.0460. The smallest absolute Gasteiger partial charge is 0.268 e. The zero-order valence-corrected chi connectivity index (χ0v) is 11.1. The van der Waals surface area contributed by atoms with Gasteiger partial charge in [-0.2, -0.15) is 0 Å². The Bertz CT molecular complexity index is 543. The first-order chi connectivity index (χ1) is 9.20. The van der Waals surface area contributed by atoms with Gasteiger partial charge in [0, 0.05) is 25.0 Å². The normalized spacial score (nSPS) is 10.4. The molecule has 0 fully saturated rings. The summed E-state index contributed by atoms with van der Waals surface area (Å²) in [6.45, 7) is 3.46. The number of rotatable bonds is 5. The molecule has 0 aliphatic heterocycles. The van der Waals surface area contributed by atoms with Crippen molar-refractivity contribution in [2.75, 3.05) is 5.73 Å². The summed E-state index contributed by atoms with van der Waals surface area (Å²) < 4.78 is 1.97. The highest BCUT2D eigenvalue weighted by molar-refractivity contribution is 5.92. The van der Waals surface area contributed by atoms with Crippen LogP contribution in [-0.4, -0.2) is 10.5 Å². The Morgan fingerprint density at radius 2 is 2.00 bits per heavy atom. The number of carbonyl (C=O) groups is 1. The van der Waals surface area contributed by atoms with Gasteiger partial charge in [-0.15, -0.1) is 0 Å². The fraction of sp³-hybridized carbons (Fsp3) is 0.267. The van der Waals surface area contributed by atoms with Crippen LogP contribution in [0.15, 0.2) is 42.6 Å². The zero-order chi connectivity index (χ0) is 13.7. The maximum Gasteiger partial charge on any atom is 0.268 e. The molecule has 4 heteroatoms. The topological polar surface area (TPSA) is 60.0 Å². The largest absolute Gasteiger partial charge is 0.399 e. The Kier molecular flexibility index (Phi) is 4.23. The third-order valence-electron chi connectivity index (χ3n) is 2.96. The van der Waals surface area contributed by atoms with Crippen LogP contribution in [0.4, 0.5) is 5.69 Å². The fourth-order valence-corrected chi connectivity index (χ4v) is 1.96. The second-order valence-corrected chi connectivity index (χ2v) is 4.51. The molecule has 0 atom stereocenters. The van der Waals surface area contributed by atoms with Crippen LogP contribution in [0.1, 0.15) is 29.4 Å². The van der Waals surface area contributed by atoms with Crippen molar-refractivity contribution >= 4 is 11.6 Å². The SMILES string of the molecule is CCCn1cccc1C(=O)NCc1ccc(N)cc1. The molecule has 100 valence electrons. The summed E-state index contributed by atoms with van der Waals surface area (Å²) in [4.78, 5) is 12.1. The molecule has 1 amide bonds. The van der Waals surface area contributed by atoms with Crippen molar-refractivity contribution in [3.63, 3.8) is 0 Å². The molecule has 0 saturated heterocycles. The zero-order valence-electron chi connectivity index (χ0n) is 11.1. The van der Waals surface area contributed by atoms with Gasteiger partial charge in [0.2, 0.25) is 0 Å². The summed E-state index contributed by atoms with van der Waals surface area (Å²) in [5.41, 5.74) is 8.09. The fourth-order valence-electron chi connectivity index (χ4n) is 1.96. The van der Waals surface area contributed by atoms with E-state index in [2.05, 4.69) is 12.2 Å². The van der Waals surface area contributed by atoms with E-state index < -0.39 is 0 Å². The monoisotopic (exact) mass is 257 g/mol. The summed E-state index contributed by atoms with van der Waals surface area (Å²) in [5, 5.41) is 2.92. The average Bonchev–Trinajstić information content (AvgIpc) is 2.86. The van der Waals surface area contributed by atoms with Crippen molar-refractivity contribution in [3.8, 4) is 0 Å². The van der Waals surface area contributed by atoms with Crippen molar-refractivity contribution in [3.05, 3.63) is 53.9 Å². The molecule has 0 saturated carbocycles. The van der Waals surface area contributed by atoms with Crippen LogP contribution >= 0.6 is 0 Å². The predicted octanol–water partition coefficient (Wildman–Crippen LogP) is 2.41. The molecule has 1 heterocycles. The van der Waals surface area contributed by atoms with Gasteiger partial charge in [-0.25, -0.2) is 0 Å². The number of hydrogen-bond acceptors (Lipinski definition) is 2. The van der Waals surface area contributed by atoms with Gasteiger partial charge in [0.1, 0.15) is 5.69 Å². The molecule has 1 aromatic carbocycles. The van der Waals surface area contributed by atoms with E-state index in [1.807, 2.05) is 47.2 Å². The Morgan fingerprint density at radius 1 is 1.26 bits per heavy atom. The van der Waals surface area contributed by atoms with E-state index in [9.17, 15) is 4.79 Å². The Hall–Kier alpha value is -2.23. The van der Waals surface area contributed by atoms with Gasteiger partial charge in [-0.3, -0.25) is 4.79 Å². The van der Waals surface area contributed by atoms with E-state index in [-0.39, 0.29) is 5.91 Å². The lowest BCUT2D eigenvalue weighted by molar-refractivity contribution is 0.0941. The van der Waals surface area contributed by atoms with Crippen molar-refractivity contribution in [1.82, 2.24) is 9.88 Å². The van der Waals surface area contributed by atoms with Crippen LogP contribution in [0, 0.1) is 0 Å². The molecule has 0 spiro atoms. The van der Waals surface area contributed by atoms with E-state index in [0.29, 0.717) is 12.2 Å². The van der Waals surface area contributed by atoms with Gasteiger partial charge in [0.25, 0.3) is 5.91 Å². The number of carbonyl (C=O) groups excluding carboxylic acids is 1. The summed E-state index contributed by atoms with van der Waals surface area (Å²) in [6.07, 6.45) is 2.94. The molecule has 2 rings (SSSR count). The van der Waals surface area contributed by atoms with Crippen LogP contribution in [-0.2, 0) is 13.1 Å². The maximum atomic E-state index is 12.1. The van der Waals surface area contributed by atoms with Crippen molar-refractivity contribution in [2.24, 2.45) is 0 Å². The molecule has 1 aromatic heterocycles. The second kappa shape index (κ2) is 6.09. The first-order valence-electron chi connectivity index (χ1n) is 6.48. The average molecular weight is 257 g/mol. The number of aryl methyl sites for hydroxylation is 1. The Balaban J connectivity index is 1.97. The number of hydrogen-bond donors (Lipinski definition) is 2. The van der Waals surface area contributed by atoms with Crippen LogP contribution < -0.4 is 11.1 Å². The third-order valence-corrected chi connectivity index (χ3v) is 2.96. The molecular weight excluding hydrogens is 238 g/mol. The summed E-state index contributed by atoms with van der Waals surface area (Å²) >= 11 is 0. The van der Waals surface area contributed by atoms with Crippen LogP contribution in [0.25, 0.3) is 0 Å². The van der Waals surface area contributed by atoms with E-state index in [0.717, 1.165) is 24.2 Å². The first-order valence-corrected chi connectivity index (χ1v) is 6.48. The molecule has 19 heavy (non-hydrogen) atoms. The molecule has 0 aliphatic carbocycles. The molecule has 3 N–H and O–H groups in total. The maximum absolute atomic E-state index is 12.1. The van der Waals surface area contributed by atoms with Crippen LogP contribution in [0.2, 0.25) is 0 Å². The molecule has 0 aliphatic rings. The van der Waals surface area contributed by atoms with Crippen molar-refractivity contribution in [1.29, 1.82) is 0 Å². The van der Waals surface area contributed by atoms with Gasteiger partial charge in [-0.1, -0.05) is 19.1 Å². The highest BCUT2D eigenvalue weighted by Crippen LogP contribution is 2.07. The highest BCUT2D eigenvalue weighted by Gasteiger charge is 2.09. The van der Waals surface area contributed by atoms with Gasteiger partial charge in [-0.05, 0) is 36.2 Å². The summed E-state index contributed by atoms with van der Waals surface area (Å²) in [5.74, 6) is -0.0460. The van der Waals surface area contributed by atoms with Crippen molar-refractivity contribution < 1.29 is 4.79 Å². The first kappa shape index (κ1) is 13.2. The molecule has 0 unspecified atom stereocenters. The van der Waals surface area contributed by atoms with Crippen LogP contribution in [0.3, 0.4) is 0 Å². The van der Waals surface area contributed by atoms with E-state index in [1.54, 1.807) is 0 Å². The quantitative estimate of drug-likeness (QED) is 0.808. The third kappa shape index (κ3) is 3.37. The lowest BCUT2D eigenvalue weighted by atomic mass is 10.2. The standard InChI is InChI=1S/C15H19N3O/c1-2-9-18-10-3-4-14(18)15(19)17-11-12-5-7-13(16)8-6-12/h3-8,10H,2,9,11,16H2,1H3,(H,17,19). The second-order valence-electron chi connectivity index (χ2n) is 4.51. The Labute approximate surface area is 113 Å². The number of nitrogen functional groups attached to an aromatic ring is 1. The number of nitrogens with one attached hydrogen (secondary N) is 1. The minimum Gasteiger partial charge on any atom is -0.399 e. The lowest BCUT2D eigenvalue weighted by Crippen LogP contribution is -2.25. The molecule has 0 radical (unpaired) electrons. The number of benzene rings is 1. The van der Waals surface area contributed by atoms with Gasteiger partial charge >= 0.3 is 0 Å². The number of anilines is 1. The Morgan fingerprint density at radius 3 is 2.68 bits per heavy atom. The lowest BCUT2D eigenvalue weighted by Gasteiger charge is -2.09. The minimum absolute atomic E-state index is 0.0460. The van der Waals surface area contributed by atoms with Gasteiger partial charge in [0.15, 0.2) is 0 Å². The van der Waals surface area contributed by atoms with Gasteiger partial charge < -0.3 is 15.6 Å². The van der Waals surface area contributed by atoms with Crippen molar-refractivity contribution in [2.45, 2.75) is 26.4 Å². The number of nitrogens with two attached hydrogens (primary N) is 1. The molecule has 4 nitrogen and oxygen atoms in total. The van der Waals surface area contributed by atoms with E-state index in [4.69, 9.17) is 5.73 Å². The summed E-state index contributed by atoms with van der Waals surface area (Å²) in [7, 11) is 0. The number of aromatic nitrogens is 1. The number of nitrogens with zero attached hydrogens (tertiary/aromatic N) is 1. The van der Waals surface area contributed by atoms with Crippen LogP contribution in [0.5, 0.6) is 0 Å².